The van der Waals surface area contributed by atoms with Crippen LogP contribution in [-0.4, -0.2) is 9.55 Å². The lowest BCUT2D eigenvalue weighted by atomic mass is 10.0. The van der Waals surface area contributed by atoms with E-state index in [-0.39, 0.29) is 5.56 Å². The van der Waals surface area contributed by atoms with E-state index in [1.165, 1.54) is 23.9 Å². The van der Waals surface area contributed by atoms with Gasteiger partial charge in [-0.2, -0.15) is 13.2 Å². The number of aromatic nitrogens is 2. The van der Waals surface area contributed by atoms with Gasteiger partial charge in [-0.1, -0.05) is 47.5 Å². The minimum Gasteiger partial charge on any atom is -0.336 e. The molecule has 0 aliphatic heterocycles. The van der Waals surface area contributed by atoms with Crippen LogP contribution in [0.5, 0.6) is 0 Å². The third-order valence-corrected chi connectivity index (χ3v) is 5.87. The van der Waals surface area contributed by atoms with Gasteiger partial charge in [0.15, 0.2) is 0 Å². The van der Waals surface area contributed by atoms with Gasteiger partial charge < -0.3 is 4.57 Å². The number of thioether (sulfide) groups is 1. The number of benzene rings is 2. The highest BCUT2D eigenvalue weighted by atomic mass is 35.5. The fraction of sp³-hybridized carbons (Fsp3) is 0.211. The Hall–Kier alpha value is -1.63. The highest BCUT2D eigenvalue weighted by Crippen LogP contribution is 2.41. The number of hydrogen-bond acceptors (Lipinski definition) is 2. The summed E-state index contributed by atoms with van der Waals surface area (Å²) in [5, 5.41) is 0.593. The van der Waals surface area contributed by atoms with E-state index in [9.17, 15) is 13.2 Å². The van der Waals surface area contributed by atoms with E-state index in [0.29, 0.717) is 22.3 Å². The van der Waals surface area contributed by atoms with Crippen molar-refractivity contribution >= 4 is 35.0 Å². The number of rotatable bonds is 6. The van der Waals surface area contributed by atoms with Gasteiger partial charge >= 0.3 is 6.18 Å². The van der Waals surface area contributed by atoms with E-state index in [1.807, 2.05) is 0 Å². The van der Waals surface area contributed by atoms with Crippen LogP contribution in [0.1, 0.15) is 21.9 Å². The smallest absolute Gasteiger partial charge is 0.336 e. The van der Waals surface area contributed by atoms with Gasteiger partial charge in [-0.15, -0.1) is 11.8 Å². The summed E-state index contributed by atoms with van der Waals surface area (Å²) in [6.07, 6.45) is 0.522. The van der Waals surface area contributed by atoms with Gasteiger partial charge in [-0.05, 0) is 29.3 Å². The molecular weight excluding hydrogens is 416 g/mol. The lowest BCUT2D eigenvalue weighted by molar-refractivity contribution is -0.138. The molecule has 0 fully saturated rings. The number of nitrogens with zero attached hydrogens (tertiary/aromatic N) is 2. The number of hydrogen-bond donors (Lipinski definition) is 0. The first-order valence-electron chi connectivity index (χ1n) is 8.02. The van der Waals surface area contributed by atoms with E-state index >= 15 is 0 Å². The molecule has 0 aliphatic rings. The van der Waals surface area contributed by atoms with Gasteiger partial charge in [0, 0.05) is 40.0 Å². The molecule has 0 spiro atoms. The lowest BCUT2D eigenvalue weighted by Crippen LogP contribution is -2.14. The molecule has 1 atom stereocenters. The molecule has 0 radical (unpaired) electrons. The summed E-state index contributed by atoms with van der Waals surface area (Å²) in [6.45, 7) is 0.364. The van der Waals surface area contributed by atoms with Crippen molar-refractivity contribution in [2.24, 2.45) is 0 Å². The summed E-state index contributed by atoms with van der Waals surface area (Å²) in [4.78, 5) is 3.98. The van der Waals surface area contributed by atoms with Gasteiger partial charge in [0.25, 0.3) is 0 Å². The molecule has 0 saturated heterocycles. The molecule has 2 aromatic carbocycles. The predicted octanol–water partition coefficient (Wildman–Crippen LogP) is 6.88. The zero-order valence-corrected chi connectivity index (χ0v) is 16.3. The minimum atomic E-state index is -4.41. The van der Waals surface area contributed by atoms with Crippen molar-refractivity contribution in [1.82, 2.24) is 9.55 Å². The highest BCUT2D eigenvalue weighted by Gasteiger charge is 2.35. The molecular formula is C19H15Cl2F3N2S. The summed E-state index contributed by atoms with van der Waals surface area (Å²) < 4.78 is 42.3. The Labute approximate surface area is 169 Å². The fourth-order valence-corrected chi connectivity index (χ4v) is 4.54. The average molecular weight is 431 g/mol. The van der Waals surface area contributed by atoms with Crippen LogP contribution >= 0.6 is 35.0 Å². The topological polar surface area (TPSA) is 17.8 Å². The molecule has 1 unspecified atom stereocenters. The Morgan fingerprint density at radius 1 is 1.11 bits per heavy atom. The Balaban J connectivity index is 1.90. The molecule has 0 saturated carbocycles. The molecule has 27 heavy (non-hydrogen) atoms. The van der Waals surface area contributed by atoms with Crippen LogP contribution in [0.15, 0.2) is 61.2 Å². The van der Waals surface area contributed by atoms with E-state index < -0.39 is 17.0 Å². The molecule has 142 valence electrons. The van der Waals surface area contributed by atoms with Crippen molar-refractivity contribution in [3.63, 3.8) is 0 Å². The monoisotopic (exact) mass is 430 g/mol. The number of alkyl halides is 3. The molecule has 0 bridgehead atoms. The first-order chi connectivity index (χ1) is 12.8. The molecule has 0 N–H and O–H groups in total. The van der Waals surface area contributed by atoms with E-state index in [4.69, 9.17) is 23.2 Å². The second kappa shape index (κ2) is 8.59. The quantitative estimate of drug-likeness (QED) is 0.423. The largest absolute Gasteiger partial charge is 0.416 e. The molecule has 2 nitrogen and oxygen atoms in total. The lowest BCUT2D eigenvalue weighted by Gasteiger charge is -2.22. The fourth-order valence-electron chi connectivity index (χ4n) is 2.69. The maximum absolute atomic E-state index is 13.5. The molecule has 1 heterocycles. The van der Waals surface area contributed by atoms with Crippen LogP contribution in [0.3, 0.4) is 0 Å². The second-order valence-corrected chi connectivity index (χ2v) is 7.91. The first kappa shape index (κ1) is 20.1. The van der Waals surface area contributed by atoms with Crippen molar-refractivity contribution < 1.29 is 13.2 Å². The average Bonchev–Trinajstić information content (AvgIpc) is 3.12. The van der Waals surface area contributed by atoms with Crippen LogP contribution in [-0.2, 0) is 18.5 Å². The SMILES string of the molecule is FC(F)(F)c1ccccc1C(Cn1ccnc1)SCc1ccc(Cl)cc1Cl. The van der Waals surface area contributed by atoms with Crippen molar-refractivity contribution in [3.05, 3.63) is 87.9 Å². The van der Waals surface area contributed by atoms with Crippen LogP contribution in [0, 0.1) is 0 Å². The van der Waals surface area contributed by atoms with Crippen LogP contribution in [0.2, 0.25) is 10.0 Å². The predicted molar refractivity (Wildman–Crippen MR) is 104 cm³/mol. The van der Waals surface area contributed by atoms with Crippen LogP contribution in [0.25, 0.3) is 0 Å². The highest BCUT2D eigenvalue weighted by molar-refractivity contribution is 7.98. The Kier molecular flexibility index (Phi) is 6.40. The first-order valence-corrected chi connectivity index (χ1v) is 9.82. The molecule has 3 rings (SSSR count). The molecule has 8 heteroatoms. The standard InChI is InChI=1S/C19H15Cl2F3N2S/c20-14-6-5-13(17(21)9-14)11-27-18(10-26-8-7-25-12-26)15-3-1-2-4-16(15)19(22,23)24/h1-9,12,18H,10-11H2. The van der Waals surface area contributed by atoms with Crippen molar-refractivity contribution in [2.45, 2.75) is 23.7 Å². The van der Waals surface area contributed by atoms with Gasteiger partial charge in [0.1, 0.15) is 0 Å². The van der Waals surface area contributed by atoms with E-state index in [2.05, 4.69) is 4.98 Å². The minimum absolute atomic E-state index is 0.244. The molecule has 3 aromatic rings. The van der Waals surface area contributed by atoms with Gasteiger partial charge in [0.05, 0.1) is 11.9 Å². The zero-order valence-electron chi connectivity index (χ0n) is 14.0. The normalized spacial score (nSPS) is 12.9. The van der Waals surface area contributed by atoms with Gasteiger partial charge in [0.2, 0.25) is 0 Å². The van der Waals surface area contributed by atoms with E-state index in [1.54, 1.807) is 47.6 Å². The molecule has 0 amide bonds. The zero-order chi connectivity index (χ0) is 19.4. The maximum atomic E-state index is 13.5. The van der Waals surface area contributed by atoms with Crippen LogP contribution < -0.4 is 0 Å². The summed E-state index contributed by atoms with van der Waals surface area (Å²) in [6, 6.07) is 10.8. The van der Waals surface area contributed by atoms with Crippen molar-refractivity contribution in [1.29, 1.82) is 0 Å². The summed E-state index contributed by atoms with van der Waals surface area (Å²) >= 11 is 13.5. The van der Waals surface area contributed by atoms with Gasteiger partial charge in [-0.3, -0.25) is 0 Å². The van der Waals surface area contributed by atoms with Gasteiger partial charge in [-0.25, -0.2) is 4.98 Å². The number of halogens is 5. The molecule has 1 aromatic heterocycles. The van der Waals surface area contributed by atoms with Crippen molar-refractivity contribution in [2.75, 3.05) is 0 Å². The number of imidazole rings is 1. The third kappa shape index (κ3) is 5.21. The van der Waals surface area contributed by atoms with E-state index in [0.717, 1.165) is 11.6 Å². The molecule has 0 aliphatic carbocycles. The summed E-state index contributed by atoms with van der Waals surface area (Å²) in [5.41, 5.74) is 0.449. The Bertz CT molecular complexity index is 898. The Morgan fingerprint density at radius 2 is 1.89 bits per heavy atom. The summed E-state index contributed by atoms with van der Waals surface area (Å²) in [7, 11) is 0. The maximum Gasteiger partial charge on any atom is 0.416 e. The third-order valence-electron chi connectivity index (χ3n) is 4.00. The second-order valence-electron chi connectivity index (χ2n) is 5.88. The summed E-state index contributed by atoms with van der Waals surface area (Å²) in [5.74, 6) is 0.460. The van der Waals surface area contributed by atoms with Crippen LogP contribution in [0.4, 0.5) is 13.2 Å². The Morgan fingerprint density at radius 3 is 2.56 bits per heavy atom. The van der Waals surface area contributed by atoms with Crippen molar-refractivity contribution in [3.8, 4) is 0 Å².